The van der Waals surface area contributed by atoms with Crippen molar-refractivity contribution in [3.8, 4) is 5.75 Å². The lowest BCUT2D eigenvalue weighted by molar-refractivity contribution is 0.0601. The number of hydrogen-bond donors (Lipinski definition) is 1. The summed E-state index contributed by atoms with van der Waals surface area (Å²) in [5.74, 6) is -2.58. The number of rotatable bonds is 1. The zero-order valence-electron chi connectivity index (χ0n) is 5.93. The Bertz CT molecular complexity index is 323. The highest BCUT2D eigenvalue weighted by molar-refractivity contribution is 7.18. The Morgan fingerprint density at radius 2 is 2.33 bits per heavy atom. The van der Waals surface area contributed by atoms with Crippen molar-refractivity contribution >= 4 is 28.9 Å². The average molecular weight is 211 g/mol. The Labute approximate surface area is 76.3 Å². The van der Waals surface area contributed by atoms with Gasteiger partial charge in [-0.3, -0.25) is 0 Å². The summed E-state index contributed by atoms with van der Waals surface area (Å²) in [5, 5.41) is 8.87. The van der Waals surface area contributed by atoms with Crippen molar-refractivity contribution < 1.29 is 19.0 Å². The van der Waals surface area contributed by atoms with Crippen molar-refractivity contribution in [3.05, 3.63) is 15.0 Å². The van der Waals surface area contributed by atoms with E-state index >= 15 is 0 Å². The van der Waals surface area contributed by atoms with Gasteiger partial charge in [-0.05, 0) is 0 Å². The van der Waals surface area contributed by atoms with Crippen molar-refractivity contribution in [1.82, 2.24) is 0 Å². The van der Waals surface area contributed by atoms with Gasteiger partial charge >= 0.3 is 5.97 Å². The molecule has 0 aliphatic rings. The van der Waals surface area contributed by atoms with Gasteiger partial charge in [-0.2, -0.15) is 0 Å². The first-order valence-corrected chi connectivity index (χ1v) is 4.02. The van der Waals surface area contributed by atoms with Crippen LogP contribution < -0.4 is 0 Å². The molecule has 6 heteroatoms. The first kappa shape index (κ1) is 9.28. The monoisotopic (exact) mass is 210 g/mol. The third-order valence-corrected chi connectivity index (χ3v) is 2.49. The summed E-state index contributed by atoms with van der Waals surface area (Å²) >= 11 is 6.00. The highest BCUT2D eigenvalue weighted by Gasteiger charge is 2.22. The third-order valence-electron chi connectivity index (χ3n) is 1.16. The minimum atomic E-state index is -1.03. The van der Waals surface area contributed by atoms with Crippen LogP contribution in [0, 0.1) is 5.82 Å². The number of esters is 1. The summed E-state index contributed by atoms with van der Waals surface area (Å²) < 4.78 is 16.9. The van der Waals surface area contributed by atoms with Crippen molar-refractivity contribution in [2.45, 2.75) is 0 Å². The fourth-order valence-electron chi connectivity index (χ4n) is 0.601. The minimum Gasteiger partial charge on any atom is -0.503 e. The van der Waals surface area contributed by atoms with E-state index in [4.69, 9.17) is 16.7 Å². The number of thiophene rings is 1. The molecular formula is C6H4ClFO3S. The van der Waals surface area contributed by atoms with E-state index in [-0.39, 0.29) is 9.21 Å². The maximum Gasteiger partial charge on any atom is 0.351 e. The molecule has 0 spiro atoms. The lowest BCUT2D eigenvalue weighted by Crippen LogP contribution is -1.99. The van der Waals surface area contributed by atoms with Gasteiger partial charge in [0.05, 0.1) is 7.11 Å². The molecule has 3 nitrogen and oxygen atoms in total. The van der Waals surface area contributed by atoms with Crippen molar-refractivity contribution in [3.63, 3.8) is 0 Å². The quantitative estimate of drug-likeness (QED) is 0.722. The van der Waals surface area contributed by atoms with Crippen LogP contribution in [0.15, 0.2) is 0 Å². The van der Waals surface area contributed by atoms with Gasteiger partial charge in [-0.15, -0.1) is 11.3 Å². The Morgan fingerprint density at radius 3 is 2.67 bits per heavy atom. The van der Waals surface area contributed by atoms with Crippen molar-refractivity contribution in [2.24, 2.45) is 0 Å². The summed E-state index contributed by atoms with van der Waals surface area (Å²) in [5.41, 5.74) is 0. The van der Waals surface area contributed by atoms with E-state index < -0.39 is 17.5 Å². The average Bonchev–Trinajstić information content (AvgIpc) is 2.32. The molecule has 0 aromatic carbocycles. The Kier molecular flexibility index (Phi) is 2.54. The summed E-state index contributed by atoms with van der Waals surface area (Å²) in [6, 6.07) is 0. The summed E-state index contributed by atoms with van der Waals surface area (Å²) in [4.78, 5) is 10.5. The van der Waals surface area contributed by atoms with E-state index in [1.165, 1.54) is 0 Å². The molecule has 0 radical (unpaired) electrons. The van der Waals surface area contributed by atoms with Gasteiger partial charge in [0.2, 0.25) is 0 Å². The SMILES string of the molecule is COC(=O)c1sc(Cl)c(O)c1F. The number of ether oxygens (including phenoxy) is 1. The molecule has 12 heavy (non-hydrogen) atoms. The topological polar surface area (TPSA) is 46.5 Å². The van der Waals surface area contributed by atoms with Crippen LogP contribution >= 0.6 is 22.9 Å². The molecule has 0 saturated heterocycles. The maximum atomic E-state index is 12.8. The van der Waals surface area contributed by atoms with E-state index in [0.717, 1.165) is 7.11 Å². The second kappa shape index (κ2) is 3.28. The van der Waals surface area contributed by atoms with Crippen LogP contribution in [-0.2, 0) is 4.74 Å². The van der Waals surface area contributed by atoms with Gasteiger partial charge in [0.25, 0.3) is 0 Å². The molecule has 1 N–H and O–H groups in total. The van der Waals surface area contributed by atoms with Gasteiger partial charge < -0.3 is 9.84 Å². The third kappa shape index (κ3) is 1.37. The van der Waals surface area contributed by atoms with Gasteiger partial charge in [-0.1, -0.05) is 11.6 Å². The standard InChI is InChI=1S/C6H4ClFO3S/c1-11-6(10)4-2(8)3(9)5(7)12-4/h9H,1H3. The summed E-state index contributed by atoms with van der Waals surface area (Å²) in [6.07, 6.45) is 0. The maximum absolute atomic E-state index is 12.8. The highest BCUT2D eigenvalue weighted by atomic mass is 35.5. The smallest absolute Gasteiger partial charge is 0.351 e. The number of aromatic hydroxyl groups is 1. The van der Waals surface area contributed by atoms with E-state index in [1.807, 2.05) is 0 Å². The Morgan fingerprint density at radius 1 is 1.75 bits per heavy atom. The van der Waals surface area contributed by atoms with Crippen LogP contribution in [0.1, 0.15) is 9.67 Å². The molecule has 1 aromatic heterocycles. The predicted octanol–water partition coefficient (Wildman–Crippen LogP) is 2.03. The summed E-state index contributed by atoms with van der Waals surface area (Å²) in [7, 11) is 1.12. The summed E-state index contributed by atoms with van der Waals surface area (Å²) in [6.45, 7) is 0. The molecule has 0 aliphatic carbocycles. The molecular weight excluding hydrogens is 207 g/mol. The van der Waals surface area contributed by atoms with Crippen LogP contribution in [-0.4, -0.2) is 18.2 Å². The van der Waals surface area contributed by atoms with Gasteiger partial charge in [-0.25, -0.2) is 9.18 Å². The molecule has 0 bridgehead atoms. The zero-order chi connectivity index (χ0) is 9.30. The fraction of sp³-hybridized carbons (Fsp3) is 0.167. The Hall–Kier alpha value is -0.810. The van der Waals surface area contributed by atoms with E-state index in [2.05, 4.69) is 4.74 Å². The predicted molar refractivity (Wildman–Crippen MR) is 42.3 cm³/mol. The molecule has 1 aromatic rings. The molecule has 0 aliphatic heterocycles. The van der Waals surface area contributed by atoms with Gasteiger partial charge in [0.1, 0.15) is 4.34 Å². The second-order valence-electron chi connectivity index (χ2n) is 1.86. The molecule has 1 rings (SSSR count). The van der Waals surface area contributed by atoms with Crippen molar-refractivity contribution in [1.29, 1.82) is 0 Å². The van der Waals surface area contributed by atoms with Gasteiger partial charge in [0.15, 0.2) is 16.4 Å². The zero-order valence-corrected chi connectivity index (χ0v) is 7.50. The fourth-order valence-corrected chi connectivity index (χ4v) is 1.63. The Balaban J connectivity index is 3.17. The molecule has 0 amide bonds. The van der Waals surface area contributed by atoms with E-state index in [1.54, 1.807) is 0 Å². The van der Waals surface area contributed by atoms with Crippen LogP contribution in [0.4, 0.5) is 4.39 Å². The normalized spacial score (nSPS) is 9.92. The van der Waals surface area contributed by atoms with Crippen LogP contribution in [0.2, 0.25) is 4.34 Å². The number of hydrogen-bond acceptors (Lipinski definition) is 4. The first-order chi connectivity index (χ1) is 5.57. The van der Waals surface area contributed by atoms with Crippen molar-refractivity contribution in [2.75, 3.05) is 7.11 Å². The van der Waals surface area contributed by atoms with Crippen LogP contribution in [0.5, 0.6) is 5.75 Å². The largest absolute Gasteiger partial charge is 0.503 e. The lowest BCUT2D eigenvalue weighted by atomic mass is 10.4. The second-order valence-corrected chi connectivity index (χ2v) is 3.48. The molecule has 0 atom stereocenters. The number of methoxy groups -OCH3 is 1. The molecule has 0 fully saturated rings. The molecule has 0 saturated carbocycles. The van der Waals surface area contributed by atoms with Gasteiger partial charge in [0, 0.05) is 0 Å². The number of carbonyl (C=O) groups is 1. The lowest BCUT2D eigenvalue weighted by Gasteiger charge is -1.92. The van der Waals surface area contributed by atoms with Crippen LogP contribution in [0.25, 0.3) is 0 Å². The number of halogens is 2. The van der Waals surface area contributed by atoms with E-state index in [0.29, 0.717) is 11.3 Å². The molecule has 1 heterocycles. The van der Waals surface area contributed by atoms with Crippen LogP contribution in [0.3, 0.4) is 0 Å². The highest BCUT2D eigenvalue weighted by Crippen LogP contribution is 2.37. The first-order valence-electron chi connectivity index (χ1n) is 2.83. The molecule has 66 valence electrons. The minimum absolute atomic E-state index is 0.159. The van der Waals surface area contributed by atoms with E-state index in [9.17, 15) is 9.18 Å². The number of carbonyl (C=O) groups excluding carboxylic acids is 1. The molecule has 0 unspecified atom stereocenters.